The predicted molar refractivity (Wildman–Crippen MR) is 92.6 cm³/mol. The number of amides is 1. The quantitative estimate of drug-likeness (QED) is 0.814. The number of hydrogen-bond donors (Lipinski definition) is 0. The number of nitrogens with zero attached hydrogens (tertiary/aromatic N) is 4. The fraction of sp³-hybridized carbons (Fsp3) is 0.353. The largest absolute Gasteiger partial charge is 0.486 e. The van der Waals surface area contributed by atoms with Crippen LogP contribution in [-0.4, -0.2) is 60.2 Å². The van der Waals surface area contributed by atoms with E-state index in [1.807, 2.05) is 0 Å². The first-order valence-electron chi connectivity index (χ1n) is 8.13. The molecular formula is C17H17ClN4O3. The molecular weight excluding hydrogens is 344 g/mol. The molecule has 2 aromatic rings. The van der Waals surface area contributed by atoms with Crippen molar-refractivity contribution in [2.45, 2.75) is 0 Å². The van der Waals surface area contributed by atoms with Gasteiger partial charge in [0.15, 0.2) is 11.5 Å². The zero-order chi connectivity index (χ0) is 17.2. The fourth-order valence-corrected chi connectivity index (χ4v) is 3.25. The SMILES string of the molecule is O=C(c1cc(Cl)c2c(c1)OCCO2)N1CCN(c2ncccn2)CC1. The summed E-state index contributed by atoms with van der Waals surface area (Å²) in [7, 11) is 0. The molecule has 1 amide bonds. The third kappa shape index (κ3) is 3.19. The Morgan fingerprint density at radius 3 is 2.52 bits per heavy atom. The van der Waals surface area contributed by atoms with Crippen molar-refractivity contribution in [1.82, 2.24) is 14.9 Å². The van der Waals surface area contributed by atoms with E-state index in [1.165, 1.54) is 0 Å². The van der Waals surface area contributed by atoms with E-state index in [9.17, 15) is 4.79 Å². The summed E-state index contributed by atoms with van der Waals surface area (Å²) < 4.78 is 11.0. The van der Waals surface area contributed by atoms with Gasteiger partial charge in [-0.25, -0.2) is 9.97 Å². The molecule has 0 unspecified atom stereocenters. The summed E-state index contributed by atoms with van der Waals surface area (Å²) in [4.78, 5) is 25.2. The van der Waals surface area contributed by atoms with Gasteiger partial charge in [-0.15, -0.1) is 0 Å². The summed E-state index contributed by atoms with van der Waals surface area (Å²) in [6.45, 7) is 3.49. The Morgan fingerprint density at radius 1 is 1.04 bits per heavy atom. The fourth-order valence-electron chi connectivity index (χ4n) is 2.98. The first kappa shape index (κ1) is 16.0. The van der Waals surface area contributed by atoms with Crippen molar-refractivity contribution < 1.29 is 14.3 Å². The standard InChI is InChI=1S/C17H17ClN4O3/c18-13-10-12(11-14-15(13)25-9-8-24-14)16(23)21-4-6-22(7-5-21)17-19-2-1-3-20-17/h1-3,10-11H,4-9H2. The van der Waals surface area contributed by atoms with E-state index in [1.54, 1.807) is 35.5 Å². The molecule has 0 saturated carbocycles. The minimum atomic E-state index is -0.0625. The van der Waals surface area contributed by atoms with E-state index in [4.69, 9.17) is 21.1 Å². The van der Waals surface area contributed by atoms with Crippen LogP contribution in [0.25, 0.3) is 0 Å². The first-order valence-corrected chi connectivity index (χ1v) is 8.50. The van der Waals surface area contributed by atoms with Gasteiger partial charge in [0, 0.05) is 44.1 Å². The number of fused-ring (bicyclic) bond motifs is 1. The zero-order valence-corrected chi connectivity index (χ0v) is 14.3. The van der Waals surface area contributed by atoms with Crippen LogP contribution in [0.5, 0.6) is 11.5 Å². The van der Waals surface area contributed by atoms with Gasteiger partial charge in [0.05, 0.1) is 5.02 Å². The molecule has 8 heteroatoms. The van der Waals surface area contributed by atoms with Gasteiger partial charge in [-0.05, 0) is 18.2 Å². The second kappa shape index (κ2) is 6.76. The van der Waals surface area contributed by atoms with Gasteiger partial charge < -0.3 is 19.3 Å². The number of rotatable bonds is 2. The van der Waals surface area contributed by atoms with Crippen LogP contribution < -0.4 is 14.4 Å². The van der Waals surface area contributed by atoms with E-state index in [-0.39, 0.29) is 5.91 Å². The van der Waals surface area contributed by atoms with Crippen molar-refractivity contribution in [2.24, 2.45) is 0 Å². The van der Waals surface area contributed by atoms with Gasteiger partial charge in [0.2, 0.25) is 5.95 Å². The summed E-state index contributed by atoms with van der Waals surface area (Å²) >= 11 is 6.23. The molecule has 0 spiro atoms. The average molecular weight is 361 g/mol. The topological polar surface area (TPSA) is 67.8 Å². The molecule has 1 saturated heterocycles. The molecule has 1 fully saturated rings. The molecule has 0 aliphatic carbocycles. The lowest BCUT2D eigenvalue weighted by atomic mass is 10.1. The molecule has 0 bridgehead atoms. The molecule has 1 aromatic carbocycles. The summed E-state index contributed by atoms with van der Waals surface area (Å²) in [6.07, 6.45) is 3.44. The summed E-state index contributed by atoms with van der Waals surface area (Å²) in [5.41, 5.74) is 0.513. The maximum Gasteiger partial charge on any atom is 0.254 e. The van der Waals surface area contributed by atoms with E-state index in [0.29, 0.717) is 67.4 Å². The van der Waals surface area contributed by atoms with Crippen molar-refractivity contribution in [3.63, 3.8) is 0 Å². The number of carbonyl (C=O) groups is 1. The molecule has 0 N–H and O–H groups in total. The van der Waals surface area contributed by atoms with Crippen molar-refractivity contribution >= 4 is 23.5 Å². The molecule has 25 heavy (non-hydrogen) atoms. The Kier molecular flexibility index (Phi) is 4.31. The van der Waals surface area contributed by atoms with Crippen molar-refractivity contribution in [3.05, 3.63) is 41.2 Å². The molecule has 7 nitrogen and oxygen atoms in total. The van der Waals surface area contributed by atoms with Gasteiger partial charge in [-0.1, -0.05) is 11.6 Å². The van der Waals surface area contributed by atoms with Crippen molar-refractivity contribution in [3.8, 4) is 11.5 Å². The van der Waals surface area contributed by atoms with E-state index in [2.05, 4.69) is 14.9 Å². The number of anilines is 1. The van der Waals surface area contributed by atoms with E-state index < -0.39 is 0 Å². The third-order valence-electron chi connectivity index (χ3n) is 4.25. The van der Waals surface area contributed by atoms with Crippen molar-refractivity contribution in [1.29, 1.82) is 0 Å². The molecule has 0 atom stereocenters. The molecule has 4 rings (SSSR count). The smallest absolute Gasteiger partial charge is 0.254 e. The lowest BCUT2D eigenvalue weighted by Gasteiger charge is -2.34. The highest BCUT2D eigenvalue weighted by Crippen LogP contribution is 2.38. The number of ether oxygens (including phenoxy) is 2. The van der Waals surface area contributed by atoms with Crippen LogP contribution in [0, 0.1) is 0 Å². The van der Waals surface area contributed by atoms with Crippen LogP contribution in [0.15, 0.2) is 30.6 Å². The number of carbonyl (C=O) groups excluding carboxylic acids is 1. The lowest BCUT2D eigenvalue weighted by Crippen LogP contribution is -2.49. The van der Waals surface area contributed by atoms with Crippen LogP contribution in [0.4, 0.5) is 5.95 Å². The molecule has 130 valence electrons. The van der Waals surface area contributed by atoms with Gasteiger partial charge in [0.25, 0.3) is 5.91 Å². The maximum absolute atomic E-state index is 12.8. The Balaban J connectivity index is 1.47. The molecule has 2 aliphatic rings. The normalized spacial score (nSPS) is 16.7. The molecule has 3 heterocycles. The zero-order valence-electron chi connectivity index (χ0n) is 13.5. The van der Waals surface area contributed by atoms with Crippen molar-refractivity contribution in [2.75, 3.05) is 44.3 Å². The first-order chi connectivity index (χ1) is 12.2. The Bertz CT molecular complexity index is 779. The number of halogens is 1. The molecule has 2 aliphatic heterocycles. The highest BCUT2D eigenvalue weighted by molar-refractivity contribution is 6.32. The maximum atomic E-state index is 12.8. The van der Waals surface area contributed by atoms with Crippen LogP contribution >= 0.6 is 11.6 Å². The minimum absolute atomic E-state index is 0.0625. The van der Waals surface area contributed by atoms with E-state index >= 15 is 0 Å². The Hall–Kier alpha value is -2.54. The molecule has 1 aromatic heterocycles. The van der Waals surface area contributed by atoms with Gasteiger partial charge in [0.1, 0.15) is 13.2 Å². The number of hydrogen-bond acceptors (Lipinski definition) is 6. The predicted octanol–water partition coefficient (Wildman–Crippen LogP) is 1.86. The van der Waals surface area contributed by atoms with Crippen LogP contribution in [0.3, 0.4) is 0 Å². The second-order valence-electron chi connectivity index (χ2n) is 5.81. The summed E-state index contributed by atoms with van der Waals surface area (Å²) in [6, 6.07) is 5.13. The molecule has 0 radical (unpaired) electrons. The summed E-state index contributed by atoms with van der Waals surface area (Å²) in [5.74, 6) is 1.67. The van der Waals surface area contributed by atoms with Gasteiger partial charge in [-0.3, -0.25) is 4.79 Å². The monoisotopic (exact) mass is 360 g/mol. The van der Waals surface area contributed by atoms with Crippen LogP contribution in [0.2, 0.25) is 5.02 Å². The van der Waals surface area contributed by atoms with Gasteiger partial charge in [-0.2, -0.15) is 0 Å². The van der Waals surface area contributed by atoms with Crippen LogP contribution in [0.1, 0.15) is 10.4 Å². The number of piperazine rings is 1. The minimum Gasteiger partial charge on any atom is -0.486 e. The summed E-state index contributed by atoms with van der Waals surface area (Å²) in [5, 5.41) is 0.400. The highest BCUT2D eigenvalue weighted by Gasteiger charge is 2.26. The Morgan fingerprint density at radius 2 is 1.76 bits per heavy atom. The lowest BCUT2D eigenvalue weighted by molar-refractivity contribution is 0.0745. The van der Waals surface area contributed by atoms with Gasteiger partial charge >= 0.3 is 0 Å². The van der Waals surface area contributed by atoms with E-state index in [0.717, 1.165) is 0 Å². The second-order valence-corrected chi connectivity index (χ2v) is 6.22. The number of benzene rings is 1. The van der Waals surface area contributed by atoms with Crippen LogP contribution in [-0.2, 0) is 0 Å². The average Bonchev–Trinajstić information content (AvgIpc) is 2.68. The Labute approximate surface area is 150 Å². The number of aromatic nitrogens is 2. The third-order valence-corrected chi connectivity index (χ3v) is 4.53. The highest BCUT2D eigenvalue weighted by atomic mass is 35.5.